The number of hydrogen-bond donors (Lipinski definition) is 1. The molecule has 1 atom stereocenters. The highest BCUT2D eigenvalue weighted by atomic mass is 127. The number of likely N-dealkylation sites (tertiary alicyclic amines) is 1. The Balaban J connectivity index is 0.00000280. The van der Waals surface area contributed by atoms with Crippen molar-refractivity contribution < 1.29 is 4.79 Å². The lowest BCUT2D eigenvalue weighted by molar-refractivity contribution is -0.135. The number of halogens is 1. The van der Waals surface area contributed by atoms with Gasteiger partial charge in [0.25, 0.3) is 0 Å². The number of aryl methyl sites for hydroxylation is 1. The minimum Gasteiger partial charge on any atom is -0.357 e. The molecule has 1 N–H and O–H groups in total. The zero-order valence-electron chi connectivity index (χ0n) is 17.2. The first-order chi connectivity index (χ1) is 13.1. The second-order valence-electron chi connectivity index (χ2n) is 7.20. The maximum atomic E-state index is 12.6. The van der Waals surface area contributed by atoms with E-state index in [-0.39, 0.29) is 35.9 Å². The van der Waals surface area contributed by atoms with Gasteiger partial charge in [0, 0.05) is 52.9 Å². The van der Waals surface area contributed by atoms with E-state index in [9.17, 15) is 4.79 Å². The minimum absolute atomic E-state index is 0. The number of piperazine rings is 1. The Morgan fingerprint density at radius 3 is 2.43 bits per heavy atom. The Labute approximate surface area is 184 Å². The van der Waals surface area contributed by atoms with Crippen molar-refractivity contribution >= 4 is 35.8 Å². The summed E-state index contributed by atoms with van der Waals surface area (Å²) in [6, 6.07) is -0.0385. The molecular formula is C18H33IN8O. The zero-order chi connectivity index (χ0) is 19.2. The van der Waals surface area contributed by atoms with Gasteiger partial charge < -0.3 is 15.1 Å². The summed E-state index contributed by atoms with van der Waals surface area (Å²) in [7, 11) is 1.88. The third kappa shape index (κ3) is 5.56. The lowest BCUT2D eigenvalue weighted by atomic mass is 10.2. The van der Waals surface area contributed by atoms with E-state index in [2.05, 4.69) is 32.1 Å². The fourth-order valence-electron chi connectivity index (χ4n) is 3.71. The van der Waals surface area contributed by atoms with E-state index in [1.165, 1.54) is 0 Å². The van der Waals surface area contributed by atoms with Gasteiger partial charge in [0.05, 0.1) is 6.04 Å². The molecule has 3 rings (SSSR count). The van der Waals surface area contributed by atoms with Gasteiger partial charge in [0.2, 0.25) is 5.91 Å². The van der Waals surface area contributed by atoms with Gasteiger partial charge in [0.15, 0.2) is 5.96 Å². The topological polar surface area (TPSA) is 81.9 Å². The van der Waals surface area contributed by atoms with Crippen molar-refractivity contribution in [2.75, 3.05) is 45.8 Å². The molecule has 10 heteroatoms. The molecule has 1 unspecified atom stereocenters. The number of hydrogen-bond acceptors (Lipinski definition) is 5. The van der Waals surface area contributed by atoms with Gasteiger partial charge in [-0.3, -0.25) is 14.4 Å². The molecule has 158 valence electrons. The van der Waals surface area contributed by atoms with E-state index in [1.807, 2.05) is 18.9 Å². The van der Waals surface area contributed by atoms with Crippen molar-refractivity contribution in [2.45, 2.75) is 39.3 Å². The predicted octanol–water partition coefficient (Wildman–Crippen LogP) is 0.527. The average Bonchev–Trinajstić information content (AvgIpc) is 3.36. The van der Waals surface area contributed by atoms with Crippen LogP contribution in [0.15, 0.2) is 11.3 Å². The summed E-state index contributed by atoms with van der Waals surface area (Å²) in [5.41, 5.74) is 0. The number of carbonyl (C=O) groups is 1. The Kier molecular flexibility index (Phi) is 8.93. The molecule has 1 aromatic heterocycles. The van der Waals surface area contributed by atoms with Crippen LogP contribution in [0.5, 0.6) is 0 Å². The minimum atomic E-state index is -0.0385. The lowest BCUT2D eigenvalue weighted by Crippen LogP contribution is -2.57. The van der Waals surface area contributed by atoms with Crippen LogP contribution >= 0.6 is 24.0 Å². The van der Waals surface area contributed by atoms with Crippen LogP contribution in [0.1, 0.15) is 32.5 Å². The molecule has 0 aliphatic carbocycles. The van der Waals surface area contributed by atoms with E-state index in [1.54, 1.807) is 11.0 Å². The third-order valence-electron chi connectivity index (χ3n) is 5.45. The largest absolute Gasteiger partial charge is 0.357 e. The van der Waals surface area contributed by atoms with E-state index in [0.717, 1.165) is 70.4 Å². The van der Waals surface area contributed by atoms with Gasteiger partial charge >= 0.3 is 0 Å². The smallest absolute Gasteiger partial charge is 0.239 e. The van der Waals surface area contributed by atoms with Gasteiger partial charge in [-0.15, -0.1) is 24.0 Å². The number of guanidine groups is 1. The molecule has 0 spiro atoms. The van der Waals surface area contributed by atoms with Crippen LogP contribution in [-0.2, 0) is 18.4 Å². The Morgan fingerprint density at radius 1 is 1.18 bits per heavy atom. The summed E-state index contributed by atoms with van der Waals surface area (Å²) in [4.78, 5) is 28.2. The number of aliphatic imine (C=N–C) groups is 1. The number of rotatable bonds is 5. The highest BCUT2D eigenvalue weighted by Crippen LogP contribution is 2.14. The number of carbonyl (C=O) groups excluding carboxylic acids is 1. The summed E-state index contributed by atoms with van der Waals surface area (Å²) in [5.74, 6) is 2.02. The van der Waals surface area contributed by atoms with Crippen molar-refractivity contribution in [1.82, 2.24) is 34.8 Å². The fraction of sp³-hybridized carbons (Fsp3) is 0.778. The molecule has 9 nitrogen and oxygen atoms in total. The van der Waals surface area contributed by atoms with E-state index in [0.29, 0.717) is 6.54 Å². The molecule has 0 saturated carbocycles. The second-order valence-corrected chi connectivity index (χ2v) is 7.20. The van der Waals surface area contributed by atoms with Crippen molar-refractivity contribution in [1.29, 1.82) is 0 Å². The normalized spacial score (nSPS) is 19.5. The standard InChI is InChI=1S/C18H32N8O.HI/c1-4-19-18(20-13-16-21-14-22-23(16)3)26-11-9-24(10-12-26)15(2)17(27)25-7-5-6-8-25;/h14-15H,4-13H2,1-3H3,(H,19,20);1H. The third-order valence-corrected chi connectivity index (χ3v) is 5.45. The van der Waals surface area contributed by atoms with Gasteiger partial charge in [-0.25, -0.2) is 9.98 Å². The zero-order valence-corrected chi connectivity index (χ0v) is 19.5. The maximum absolute atomic E-state index is 12.6. The molecule has 1 aromatic rings. The van der Waals surface area contributed by atoms with Gasteiger partial charge in [-0.2, -0.15) is 5.10 Å². The summed E-state index contributed by atoms with van der Waals surface area (Å²) >= 11 is 0. The van der Waals surface area contributed by atoms with Crippen LogP contribution in [0.2, 0.25) is 0 Å². The summed E-state index contributed by atoms with van der Waals surface area (Å²) in [6.45, 7) is 10.7. The summed E-state index contributed by atoms with van der Waals surface area (Å²) in [5, 5.41) is 7.46. The molecule has 0 bridgehead atoms. The second kappa shape index (κ2) is 10.9. The van der Waals surface area contributed by atoms with E-state index >= 15 is 0 Å². The maximum Gasteiger partial charge on any atom is 0.239 e. The fourth-order valence-corrected chi connectivity index (χ4v) is 3.71. The molecule has 1 amide bonds. The summed E-state index contributed by atoms with van der Waals surface area (Å²) < 4.78 is 1.75. The highest BCUT2D eigenvalue weighted by Gasteiger charge is 2.30. The Hall–Kier alpha value is -1.43. The number of aromatic nitrogens is 3. The van der Waals surface area contributed by atoms with E-state index < -0.39 is 0 Å². The van der Waals surface area contributed by atoms with Crippen LogP contribution in [0.25, 0.3) is 0 Å². The van der Waals surface area contributed by atoms with Crippen molar-refractivity contribution in [2.24, 2.45) is 12.0 Å². The number of nitrogens with one attached hydrogen (secondary N) is 1. The molecule has 2 aliphatic rings. The van der Waals surface area contributed by atoms with Crippen LogP contribution in [-0.4, -0.2) is 93.2 Å². The Bertz CT molecular complexity index is 650. The molecular weight excluding hydrogens is 471 g/mol. The van der Waals surface area contributed by atoms with Gasteiger partial charge in [0.1, 0.15) is 18.7 Å². The molecule has 0 radical (unpaired) electrons. The van der Waals surface area contributed by atoms with Crippen LogP contribution in [0.4, 0.5) is 0 Å². The lowest BCUT2D eigenvalue weighted by Gasteiger charge is -2.39. The van der Waals surface area contributed by atoms with Crippen LogP contribution in [0.3, 0.4) is 0 Å². The first-order valence-corrected chi connectivity index (χ1v) is 9.99. The molecule has 2 fully saturated rings. The molecule has 0 aromatic carbocycles. The van der Waals surface area contributed by atoms with Crippen molar-refractivity contribution in [3.8, 4) is 0 Å². The molecule has 28 heavy (non-hydrogen) atoms. The van der Waals surface area contributed by atoms with Crippen LogP contribution in [0, 0.1) is 0 Å². The number of nitrogens with zero attached hydrogens (tertiary/aromatic N) is 7. The average molecular weight is 504 g/mol. The number of amides is 1. The molecule has 2 aliphatic heterocycles. The van der Waals surface area contributed by atoms with Crippen molar-refractivity contribution in [3.05, 3.63) is 12.2 Å². The predicted molar refractivity (Wildman–Crippen MR) is 120 cm³/mol. The SMILES string of the molecule is CCNC(=NCc1ncnn1C)N1CCN(C(C)C(=O)N2CCCC2)CC1.I. The highest BCUT2D eigenvalue weighted by molar-refractivity contribution is 14.0. The van der Waals surface area contributed by atoms with E-state index in [4.69, 9.17) is 4.99 Å². The van der Waals surface area contributed by atoms with Crippen LogP contribution < -0.4 is 5.32 Å². The van der Waals surface area contributed by atoms with Gasteiger partial charge in [-0.05, 0) is 26.7 Å². The van der Waals surface area contributed by atoms with Crippen molar-refractivity contribution in [3.63, 3.8) is 0 Å². The monoisotopic (exact) mass is 504 g/mol. The van der Waals surface area contributed by atoms with Gasteiger partial charge in [-0.1, -0.05) is 0 Å². The quantitative estimate of drug-likeness (QED) is 0.358. The summed E-state index contributed by atoms with van der Waals surface area (Å²) in [6.07, 6.45) is 3.83. The first-order valence-electron chi connectivity index (χ1n) is 9.99. The Morgan fingerprint density at radius 2 is 1.86 bits per heavy atom. The molecule has 3 heterocycles. The first kappa shape index (κ1) is 22.9. The molecule has 2 saturated heterocycles.